The molecule has 0 N–H and O–H groups in total. The zero-order chi connectivity index (χ0) is 24.2. The van der Waals surface area contributed by atoms with Crippen LogP contribution < -0.4 is 4.90 Å². The lowest BCUT2D eigenvalue weighted by Gasteiger charge is -2.33. The van der Waals surface area contributed by atoms with Gasteiger partial charge in [0.25, 0.3) is 0 Å². The van der Waals surface area contributed by atoms with Crippen molar-refractivity contribution in [1.29, 1.82) is 0 Å². The fraction of sp³-hybridized carbons (Fsp3) is 0.545. The Labute approximate surface area is 194 Å². The van der Waals surface area contributed by atoms with Crippen LogP contribution in [0.3, 0.4) is 0 Å². The molecule has 1 aromatic rings. The van der Waals surface area contributed by atoms with Crippen LogP contribution in [-0.4, -0.2) is 38.2 Å². The van der Waals surface area contributed by atoms with Crippen molar-refractivity contribution in [2.75, 3.05) is 31.3 Å². The Kier molecular flexibility index (Phi) is 8.49. The van der Waals surface area contributed by atoms with E-state index < -0.39 is 38.8 Å². The van der Waals surface area contributed by atoms with Crippen LogP contribution >= 0.6 is 15.2 Å². The summed E-state index contributed by atoms with van der Waals surface area (Å²) in [5, 5.41) is 0.238. The molecule has 2 aliphatic rings. The van der Waals surface area contributed by atoms with Crippen LogP contribution in [0.25, 0.3) is 0 Å². The highest BCUT2D eigenvalue weighted by atomic mass is 31.2. The van der Waals surface area contributed by atoms with Gasteiger partial charge in [0.15, 0.2) is 0 Å². The number of para-hydroxylation sites is 1. The first-order valence-corrected chi connectivity index (χ1v) is 14.3. The van der Waals surface area contributed by atoms with Gasteiger partial charge < -0.3 is 18.1 Å². The lowest BCUT2D eigenvalue weighted by atomic mass is 9.85. The van der Waals surface area contributed by atoms with Gasteiger partial charge in [-0.2, -0.15) is 0 Å². The number of carbonyl (C=O) groups excluding carboxylic acids is 2. The molecule has 33 heavy (non-hydrogen) atoms. The molecule has 1 aliphatic carbocycles. The van der Waals surface area contributed by atoms with Gasteiger partial charge in [-0.25, -0.2) is 0 Å². The van der Waals surface area contributed by atoms with Crippen molar-refractivity contribution in [3.63, 3.8) is 0 Å². The first-order chi connectivity index (χ1) is 15.8. The van der Waals surface area contributed by atoms with E-state index in [1.165, 1.54) is 0 Å². The highest BCUT2D eigenvalue weighted by molar-refractivity contribution is 7.63. The van der Waals surface area contributed by atoms with Crippen LogP contribution in [0.2, 0.25) is 0 Å². The van der Waals surface area contributed by atoms with Crippen LogP contribution in [0.1, 0.15) is 40.5 Å². The summed E-state index contributed by atoms with van der Waals surface area (Å²) in [6.07, 6.45) is -0.176. The normalized spacial score (nSPS) is 21.6. The van der Waals surface area contributed by atoms with Gasteiger partial charge in [0.1, 0.15) is 0 Å². The van der Waals surface area contributed by atoms with Crippen LogP contribution in [0, 0.1) is 11.8 Å². The Balaban J connectivity index is 2.14. The van der Waals surface area contributed by atoms with E-state index in [1.807, 2.05) is 0 Å². The maximum atomic E-state index is 13.8. The van der Waals surface area contributed by atoms with Gasteiger partial charge in [0.2, 0.25) is 11.8 Å². The molecule has 0 radical (unpaired) electrons. The molecule has 9 nitrogen and oxygen atoms in total. The number of hydrogen-bond donors (Lipinski definition) is 0. The second kappa shape index (κ2) is 10.8. The molecule has 2 unspecified atom stereocenters. The number of benzene rings is 1. The number of allylic oxidation sites excluding steroid dienone is 2. The van der Waals surface area contributed by atoms with Gasteiger partial charge in [0, 0.05) is 0 Å². The van der Waals surface area contributed by atoms with Gasteiger partial charge >= 0.3 is 15.2 Å². The summed E-state index contributed by atoms with van der Waals surface area (Å²) in [6.45, 7) is 7.01. The number of imide groups is 1. The van der Waals surface area contributed by atoms with Crippen molar-refractivity contribution < 1.29 is 36.8 Å². The third-order valence-electron chi connectivity index (χ3n) is 5.59. The Hall–Kier alpha value is -1.60. The van der Waals surface area contributed by atoms with Crippen LogP contribution in [-0.2, 0) is 36.8 Å². The number of anilines is 1. The molecule has 2 amide bonds. The van der Waals surface area contributed by atoms with Crippen molar-refractivity contribution in [2.24, 2.45) is 11.8 Å². The summed E-state index contributed by atoms with van der Waals surface area (Å²) < 4.78 is 49.8. The lowest BCUT2D eigenvalue weighted by molar-refractivity contribution is -0.122. The van der Waals surface area contributed by atoms with Crippen LogP contribution in [0.5, 0.6) is 0 Å². The topological polar surface area (TPSA) is 108 Å². The largest absolute Gasteiger partial charge is 0.357 e. The molecule has 11 heteroatoms. The predicted octanol–water partition coefficient (Wildman–Crippen LogP) is 5.33. The van der Waals surface area contributed by atoms with Crippen molar-refractivity contribution in [2.45, 2.75) is 40.5 Å². The molecule has 0 aromatic heterocycles. The third kappa shape index (κ3) is 4.95. The molecule has 1 aliphatic heterocycles. The summed E-state index contributed by atoms with van der Waals surface area (Å²) in [6, 6.07) is 8.63. The predicted molar refractivity (Wildman–Crippen MR) is 124 cm³/mol. The molecule has 3 rings (SSSR count). The molecule has 1 aromatic carbocycles. The zero-order valence-electron chi connectivity index (χ0n) is 19.4. The molecule has 0 bridgehead atoms. The van der Waals surface area contributed by atoms with Crippen molar-refractivity contribution in [1.82, 2.24) is 0 Å². The smallest absolute Gasteiger partial charge is 0.306 e. The van der Waals surface area contributed by atoms with E-state index in [2.05, 4.69) is 0 Å². The average molecular weight is 499 g/mol. The van der Waals surface area contributed by atoms with E-state index in [1.54, 1.807) is 58.0 Å². The Morgan fingerprint density at radius 2 is 1.09 bits per heavy atom. The van der Waals surface area contributed by atoms with Gasteiger partial charge in [0.05, 0.1) is 54.6 Å². The minimum Gasteiger partial charge on any atom is -0.306 e. The monoisotopic (exact) mass is 499 g/mol. The summed E-state index contributed by atoms with van der Waals surface area (Å²) >= 11 is 0. The van der Waals surface area contributed by atoms with E-state index >= 15 is 0 Å². The number of fused-ring (bicyclic) bond motifs is 1. The zero-order valence-corrected chi connectivity index (χ0v) is 21.2. The minimum atomic E-state index is -3.92. The number of nitrogens with zero attached hydrogens (tertiary/aromatic N) is 1. The fourth-order valence-electron chi connectivity index (χ4n) is 4.33. The first kappa shape index (κ1) is 26.0. The van der Waals surface area contributed by atoms with E-state index in [0.29, 0.717) is 5.69 Å². The van der Waals surface area contributed by atoms with Crippen LogP contribution in [0.4, 0.5) is 5.69 Å². The standard InChI is InChI=1S/C22H31NO8P2/c1-5-28-32(26,29-6-2)19-14-17-18(15-20(19)33(27,30-7-3)31-8-4)22(25)23(21(17)24)16-12-10-9-11-13-16/h9-13,17-18H,5-8,14-15H2,1-4H3. The molecule has 0 saturated carbocycles. The maximum Gasteiger partial charge on any atom is 0.357 e. The second-order valence-corrected chi connectivity index (χ2v) is 11.6. The highest BCUT2D eigenvalue weighted by Gasteiger charge is 2.56. The van der Waals surface area contributed by atoms with E-state index in [0.717, 1.165) is 4.90 Å². The Morgan fingerprint density at radius 1 is 0.727 bits per heavy atom. The molecule has 2 atom stereocenters. The second-order valence-electron chi connectivity index (χ2n) is 7.53. The number of hydrogen-bond acceptors (Lipinski definition) is 8. The molecular formula is C22H31NO8P2. The SMILES string of the molecule is CCOP(=O)(OCC)C1=C(P(=O)(OCC)OCC)CC2C(=O)N(c3ccccc3)C(=O)C2C1. The van der Waals surface area contributed by atoms with Crippen molar-refractivity contribution in [3.05, 3.63) is 41.0 Å². The van der Waals surface area contributed by atoms with Crippen LogP contribution in [0.15, 0.2) is 41.0 Å². The number of carbonyl (C=O) groups is 2. The van der Waals surface area contributed by atoms with E-state index in [9.17, 15) is 18.7 Å². The molecule has 1 saturated heterocycles. The Morgan fingerprint density at radius 3 is 1.42 bits per heavy atom. The summed E-state index contributed by atoms with van der Waals surface area (Å²) in [7, 11) is -7.83. The minimum absolute atomic E-state index is 0.0821. The number of amides is 2. The maximum absolute atomic E-state index is 13.8. The van der Waals surface area contributed by atoms with Gasteiger partial charge in [-0.15, -0.1) is 0 Å². The van der Waals surface area contributed by atoms with E-state index in [-0.39, 0.29) is 49.9 Å². The molecule has 1 heterocycles. The molecule has 0 spiro atoms. The van der Waals surface area contributed by atoms with E-state index in [4.69, 9.17) is 18.1 Å². The average Bonchev–Trinajstić information content (AvgIpc) is 3.04. The third-order valence-corrected chi connectivity index (χ3v) is 10.4. The first-order valence-electron chi connectivity index (χ1n) is 11.2. The molecule has 182 valence electrons. The summed E-state index contributed by atoms with van der Waals surface area (Å²) in [5.41, 5.74) is 0.459. The van der Waals surface area contributed by atoms with Gasteiger partial charge in [-0.3, -0.25) is 23.6 Å². The molecular weight excluding hydrogens is 468 g/mol. The van der Waals surface area contributed by atoms with Crippen molar-refractivity contribution >= 4 is 32.7 Å². The summed E-state index contributed by atoms with van der Waals surface area (Å²) in [5.74, 6) is -2.34. The van der Waals surface area contributed by atoms with Gasteiger partial charge in [-0.1, -0.05) is 18.2 Å². The quantitative estimate of drug-likeness (QED) is 0.297. The Bertz CT molecular complexity index is 929. The van der Waals surface area contributed by atoms with Gasteiger partial charge in [-0.05, 0) is 52.7 Å². The lowest BCUT2D eigenvalue weighted by Crippen LogP contribution is -2.30. The summed E-state index contributed by atoms with van der Waals surface area (Å²) in [4.78, 5) is 27.8. The fourth-order valence-corrected chi connectivity index (χ4v) is 8.86. The molecule has 1 fully saturated rings. The van der Waals surface area contributed by atoms with Crippen molar-refractivity contribution in [3.8, 4) is 0 Å². The highest BCUT2D eigenvalue weighted by Crippen LogP contribution is 2.70. The number of rotatable bonds is 11.